The molecule has 2 N–H and O–H groups in total. The van der Waals surface area contributed by atoms with Gasteiger partial charge < -0.3 is 19.7 Å². The lowest BCUT2D eigenvalue weighted by Gasteiger charge is -2.16. The average Bonchev–Trinajstić information content (AvgIpc) is 3.26. The minimum Gasteiger partial charge on any atom is -0.497 e. The Kier molecular flexibility index (Phi) is 4.92. The SMILES string of the molecule is CCC(Nc1noc(-c2ccc(OC)cc2)c1C(=O)O)c1ccnn1C. The molecule has 2 heterocycles. The maximum atomic E-state index is 11.8. The lowest BCUT2D eigenvalue weighted by atomic mass is 10.1. The van der Waals surface area contributed by atoms with E-state index < -0.39 is 5.97 Å². The summed E-state index contributed by atoms with van der Waals surface area (Å²) >= 11 is 0. The Bertz CT molecular complexity index is 898. The highest BCUT2D eigenvalue weighted by Crippen LogP contribution is 2.32. The zero-order valence-corrected chi connectivity index (χ0v) is 14.8. The van der Waals surface area contributed by atoms with Gasteiger partial charge in [-0.3, -0.25) is 4.68 Å². The van der Waals surface area contributed by atoms with Gasteiger partial charge in [-0.15, -0.1) is 0 Å². The second-order valence-corrected chi connectivity index (χ2v) is 5.75. The Morgan fingerprint density at radius 2 is 2.08 bits per heavy atom. The molecule has 3 rings (SSSR count). The van der Waals surface area contributed by atoms with Crippen LogP contribution in [-0.2, 0) is 7.05 Å². The van der Waals surface area contributed by atoms with Crippen LogP contribution >= 0.6 is 0 Å². The minimum atomic E-state index is -1.11. The van der Waals surface area contributed by atoms with Crippen molar-refractivity contribution in [2.24, 2.45) is 7.05 Å². The van der Waals surface area contributed by atoms with Crippen molar-refractivity contribution in [3.63, 3.8) is 0 Å². The second-order valence-electron chi connectivity index (χ2n) is 5.75. The minimum absolute atomic E-state index is 0.00390. The summed E-state index contributed by atoms with van der Waals surface area (Å²) in [6.45, 7) is 2.00. The summed E-state index contributed by atoms with van der Waals surface area (Å²) in [7, 11) is 3.40. The fraction of sp³-hybridized carbons (Fsp3) is 0.278. The van der Waals surface area contributed by atoms with Gasteiger partial charge in [-0.25, -0.2) is 4.79 Å². The number of carboxylic acids is 1. The predicted octanol–water partition coefficient (Wildman–Crippen LogP) is 3.35. The van der Waals surface area contributed by atoms with Crippen LogP contribution in [0.1, 0.15) is 35.4 Å². The number of carboxylic acid groups (broad SMARTS) is 1. The van der Waals surface area contributed by atoms with Crippen molar-refractivity contribution < 1.29 is 19.2 Å². The van der Waals surface area contributed by atoms with Gasteiger partial charge in [-0.2, -0.15) is 5.10 Å². The molecule has 0 fully saturated rings. The van der Waals surface area contributed by atoms with Crippen molar-refractivity contribution >= 4 is 11.8 Å². The van der Waals surface area contributed by atoms with Crippen LogP contribution in [0.5, 0.6) is 5.75 Å². The van der Waals surface area contributed by atoms with Gasteiger partial charge in [0.2, 0.25) is 0 Å². The van der Waals surface area contributed by atoms with Gasteiger partial charge in [0.1, 0.15) is 5.75 Å². The molecule has 8 nitrogen and oxygen atoms in total. The highest BCUT2D eigenvalue weighted by Gasteiger charge is 2.26. The van der Waals surface area contributed by atoms with Crippen LogP contribution < -0.4 is 10.1 Å². The summed E-state index contributed by atoms with van der Waals surface area (Å²) < 4.78 is 12.2. The van der Waals surface area contributed by atoms with E-state index in [-0.39, 0.29) is 23.2 Å². The maximum Gasteiger partial charge on any atom is 0.343 e. The zero-order valence-electron chi connectivity index (χ0n) is 14.8. The summed E-state index contributed by atoms with van der Waals surface area (Å²) in [5, 5.41) is 21.0. The van der Waals surface area contributed by atoms with Gasteiger partial charge in [-0.1, -0.05) is 12.1 Å². The molecule has 136 valence electrons. The number of hydrogen-bond acceptors (Lipinski definition) is 6. The summed E-state index contributed by atoms with van der Waals surface area (Å²) in [6, 6.07) is 8.67. The number of aryl methyl sites for hydroxylation is 1. The molecule has 0 radical (unpaired) electrons. The molecule has 0 aliphatic heterocycles. The first-order chi connectivity index (χ1) is 12.5. The number of ether oxygens (including phenoxy) is 1. The largest absolute Gasteiger partial charge is 0.497 e. The highest BCUT2D eigenvalue weighted by atomic mass is 16.5. The number of anilines is 1. The first kappa shape index (κ1) is 17.5. The van der Waals surface area contributed by atoms with Gasteiger partial charge in [-0.05, 0) is 36.8 Å². The standard InChI is InChI=1S/C18H20N4O4/c1-4-13(14-9-10-19-22(14)2)20-17-15(18(23)24)16(26-21-17)11-5-7-12(25-3)8-6-11/h5-10,13H,4H2,1-3H3,(H,20,21)(H,23,24). The first-order valence-corrected chi connectivity index (χ1v) is 8.17. The van der Waals surface area contributed by atoms with E-state index in [2.05, 4.69) is 15.6 Å². The van der Waals surface area contributed by atoms with E-state index in [1.807, 2.05) is 20.0 Å². The van der Waals surface area contributed by atoms with Gasteiger partial charge in [0, 0.05) is 18.8 Å². The lowest BCUT2D eigenvalue weighted by molar-refractivity contribution is 0.0698. The number of aromatic nitrogens is 3. The molecule has 3 aromatic rings. The monoisotopic (exact) mass is 356 g/mol. The van der Waals surface area contributed by atoms with Gasteiger partial charge in [0.15, 0.2) is 17.1 Å². The predicted molar refractivity (Wildman–Crippen MR) is 95.3 cm³/mol. The smallest absolute Gasteiger partial charge is 0.343 e. The Morgan fingerprint density at radius 1 is 1.35 bits per heavy atom. The number of benzene rings is 1. The summed E-state index contributed by atoms with van der Waals surface area (Å²) in [5.74, 6) is -0.0518. The molecule has 0 aliphatic carbocycles. The maximum absolute atomic E-state index is 11.8. The number of rotatable bonds is 7. The molecule has 1 atom stereocenters. The third-order valence-corrected chi connectivity index (χ3v) is 4.19. The van der Waals surface area contributed by atoms with E-state index in [1.165, 1.54) is 0 Å². The molecule has 0 saturated carbocycles. The van der Waals surface area contributed by atoms with Crippen LogP contribution in [0.15, 0.2) is 41.1 Å². The Hall–Kier alpha value is -3.29. The Labute approximate surface area is 150 Å². The fourth-order valence-corrected chi connectivity index (χ4v) is 2.80. The van der Waals surface area contributed by atoms with Crippen LogP contribution in [0.25, 0.3) is 11.3 Å². The van der Waals surface area contributed by atoms with Crippen molar-refractivity contribution in [2.75, 3.05) is 12.4 Å². The molecule has 0 amide bonds. The molecule has 8 heteroatoms. The van der Waals surface area contributed by atoms with Crippen LogP contribution in [0.2, 0.25) is 0 Å². The van der Waals surface area contributed by atoms with E-state index in [1.54, 1.807) is 42.3 Å². The molecule has 1 aromatic carbocycles. The van der Waals surface area contributed by atoms with Crippen LogP contribution in [0.3, 0.4) is 0 Å². The second kappa shape index (κ2) is 7.30. The van der Waals surface area contributed by atoms with Crippen molar-refractivity contribution in [1.29, 1.82) is 0 Å². The molecule has 0 aliphatic rings. The van der Waals surface area contributed by atoms with E-state index in [4.69, 9.17) is 9.26 Å². The Balaban J connectivity index is 1.96. The van der Waals surface area contributed by atoms with Gasteiger partial charge in [0.25, 0.3) is 0 Å². The van der Waals surface area contributed by atoms with E-state index in [9.17, 15) is 9.90 Å². The average molecular weight is 356 g/mol. The van der Waals surface area contributed by atoms with Crippen molar-refractivity contribution in [3.8, 4) is 17.1 Å². The molecule has 26 heavy (non-hydrogen) atoms. The summed E-state index contributed by atoms with van der Waals surface area (Å²) in [5.41, 5.74) is 1.53. The zero-order chi connectivity index (χ0) is 18.7. The van der Waals surface area contributed by atoms with Crippen LogP contribution in [0, 0.1) is 0 Å². The normalized spacial score (nSPS) is 12.0. The number of nitrogens with one attached hydrogen (secondary N) is 1. The molecular weight excluding hydrogens is 336 g/mol. The van der Waals surface area contributed by atoms with Crippen molar-refractivity contribution in [1.82, 2.24) is 14.9 Å². The first-order valence-electron chi connectivity index (χ1n) is 8.17. The third kappa shape index (κ3) is 3.26. The number of nitrogens with zero attached hydrogens (tertiary/aromatic N) is 3. The lowest BCUT2D eigenvalue weighted by Crippen LogP contribution is -2.16. The molecule has 0 saturated heterocycles. The van der Waals surface area contributed by atoms with Gasteiger partial charge >= 0.3 is 5.97 Å². The number of aromatic carboxylic acids is 1. The number of methoxy groups -OCH3 is 1. The summed E-state index contributed by atoms with van der Waals surface area (Å²) in [4.78, 5) is 11.8. The highest BCUT2D eigenvalue weighted by molar-refractivity contribution is 5.99. The molecule has 2 aromatic heterocycles. The van der Waals surface area contributed by atoms with Gasteiger partial charge in [0.05, 0.1) is 18.8 Å². The molecule has 0 spiro atoms. The molecule has 0 bridgehead atoms. The number of hydrogen-bond donors (Lipinski definition) is 2. The van der Waals surface area contributed by atoms with E-state index in [0.717, 1.165) is 12.1 Å². The molecule has 1 unspecified atom stereocenters. The Morgan fingerprint density at radius 3 is 2.62 bits per heavy atom. The van der Waals surface area contributed by atoms with Crippen LogP contribution in [-0.4, -0.2) is 33.1 Å². The van der Waals surface area contributed by atoms with E-state index >= 15 is 0 Å². The summed E-state index contributed by atoms with van der Waals surface area (Å²) in [6.07, 6.45) is 2.42. The van der Waals surface area contributed by atoms with Crippen molar-refractivity contribution in [3.05, 3.63) is 47.8 Å². The topological polar surface area (TPSA) is 102 Å². The van der Waals surface area contributed by atoms with Crippen LogP contribution in [0.4, 0.5) is 5.82 Å². The molecular formula is C18H20N4O4. The van der Waals surface area contributed by atoms with E-state index in [0.29, 0.717) is 11.3 Å². The number of carbonyl (C=O) groups is 1. The van der Waals surface area contributed by atoms with Crippen molar-refractivity contribution in [2.45, 2.75) is 19.4 Å². The fourth-order valence-electron chi connectivity index (χ4n) is 2.80. The quantitative estimate of drug-likeness (QED) is 0.669. The third-order valence-electron chi connectivity index (χ3n) is 4.19.